The first-order valence-corrected chi connectivity index (χ1v) is 8.20. The zero-order valence-electron chi connectivity index (χ0n) is 14.1. The van der Waals surface area contributed by atoms with E-state index in [0.717, 1.165) is 22.6 Å². The number of aromatic amines is 1. The van der Waals surface area contributed by atoms with Crippen molar-refractivity contribution in [3.63, 3.8) is 0 Å². The van der Waals surface area contributed by atoms with Crippen LogP contribution >= 0.6 is 12.2 Å². The van der Waals surface area contributed by atoms with Gasteiger partial charge in [-0.05, 0) is 42.9 Å². The summed E-state index contributed by atoms with van der Waals surface area (Å²) in [5.41, 5.74) is 9.04. The predicted octanol–water partition coefficient (Wildman–Crippen LogP) is 2.83. The number of nitrogens with two attached hydrogens (primary N) is 1. The number of benzene rings is 1. The Morgan fingerprint density at radius 1 is 1.23 bits per heavy atom. The van der Waals surface area contributed by atoms with Gasteiger partial charge in [0.2, 0.25) is 0 Å². The smallest absolute Gasteiger partial charge is 0.200 e. The van der Waals surface area contributed by atoms with E-state index in [-0.39, 0.29) is 4.77 Å². The van der Waals surface area contributed by atoms with Gasteiger partial charge < -0.3 is 15.5 Å². The molecule has 130 valence electrons. The van der Waals surface area contributed by atoms with E-state index in [1.165, 1.54) is 0 Å². The van der Waals surface area contributed by atoms with E-state index in [2.05, 4.69) is 25.3 Å². The van der Waals surface area contributed by atoms with Crippen molar-refractivity contribution in [2.45, 2.75) is 6.92 Å². The summed E-state index contributed by atoms with van der Waals surface area (Å²) in [7, 11) is 1.63. The van der Waals surface area contributed by atoms with E-state index >= 15 is 0 Å². The highest BCUT2D eigenvalue weighted by molar-refractivity contribution is 7.71. The lowest BCUT2D eigenvalue weighted by Gasteiger charge is -2.08. The molecular formula is C17H15N7OS. The Balaban J connectivity index is 1.83. The first-order chi connectivity index (χ1) is 12.6. The molecule has 0 fully saturated rings. The summed E-state index contributed by atoms with van der Waals surface area (Å²) < 4.78 is 7.14. The normalized spacial score (nSPS) is 11.0. The molecule has 0 atom stereocenters. The van der Waals surface area contributed by atoms with Gasteiger partial charge in [-0.25, -0.2) is 0 Å². The predicted molar refractivity (Wildman–Crippen MR) is 101 cm³/mol. The van der Waals surface area contributed by atoms with E-state index in [1.54, 1.807) is 18.0 Å². The first kappa shape index (κ1) is 16.2. The molecule has 4 aromatic rings. The number of nitrogens with one attached hydrogen (secondary N) is 1. The summed E-state index contributed by atoms with van der Waals surface area (Å²) in [6.45, 7) is 1.94. The number of hydrogen-bond donors (Lipinski definition) is 2. The van der Waals surface area contributed by atoms with Crippen LogP contribution in [0, 0.1) is 11.7 Å². The third-order valence-electron chi connectivity index (χ3n) is 4.01. The van der Waals surface area contributed by atoms with Crippen LogP contribution < -0.4 is 10.5 Å². The molecule has 9 heteroatoms. The molecule has 0 aliphatic rings. The third-order valence-corrected chi connectivity index (χ3v) is 4.20. The lowest BCUT2D eigenvalue weighted by Crippen LogP contribution is -2.06. The molecule has 26 heavy (non-hydrogen) atoms. The second-order valence-corrected chi connectivity index (χ2v) is 6.10. The highest BCUT2D eigenvalue weighted by Gasteiger charge is 2.14. The number of anilines is 1. The van der Waals surface area contributed by atoms with Gasteiger partial charge in [0.1, 0.15) is 11.6 Å². The van der Waals surface area contributed by atoms with E-state index < -0.39 is 0 Å². The summed E-state index contributed by atoms with van der Waals surface area (Å²) in [6.07, 6.45) is 1.63. The van der Waals surface area contributed by atoms with Crippen molar-refractivity contribution < 1.29 is 4.74 Å². The molecule has 8 nitrogen and oxygen atoms in total. The van der Waals surface area contributed by atoms with E-state index in [0.29, 0.717) is 22.7 Å². The number of aryl methyl sites for hydroxylation is 1. The Kier molecular flexibility index (Phi) is 3.85. The maximum Gasteiger partial charge on any atom is 0.200 e. The Hall–Kier alpha value is -3.33. The Bertz CT molecular complexity index is 1180. The maximum atomic E-state index is 5.95. The van der Waals surface area contributed by atoms with Crippen LogP contribution in [0.2, 0.25) is 0 Å². The van der Waals surface area contributed by atoms with E-state index in [9.17, 15) is 0 Å². The second-order valence-electron chi connectivity index (χ2n) is 5.72. The van der Waals surface area contributed by atoms with Crippen LogP contribution in [-0.4, -0.2) is 37.1 Å². The summed E-state index contributed by atoms with van der Waals surface area (Å²) >= 11 is 5.11. The van der Waals surface area contributed by atoms with Crippen LogP contribution in [0.3, 0.4) is 0 Å². The monoisotopic (exact) mass is 365 g/mol. The van der Waals surface area contributed by atoms with Crippen molar-refractivity contribution in [1.82, 2.24) is 29.9 Å². The molecule has 0 radical (unpaired) electrons. The molecule has 3 aromatic heterocycles. The molecule has 0 aliphatic heterocycles. The molecule has 4 rings (SSSR count). The molecule has 0 aliphatic carbocycles. The highest BCUT2D eigenvalue weighted by atomic mass is 32.1. The van der Waals surface area contributed by atoms with Gasteiger partial charge in [0.15, 0.2) is 16.2 Å². The molecule has 0 saturated heterocycles. The SMILES string of the molecule is COc1cccc(-c2cc(C)c(-n3ncc4c(N)[nH]c(=S)nc43)nn2)c1. The molecule has 0 unspecified atom stereocenters. The van der Waals surface area contributed by atoms with Crippen molar-refractivity contribution in [3.8, 4) is 22.8 Å². The molecule has 3 heterocycles. The largest absolute Gasteiger partial charge is 0.497 e. The minimum atomic E-state index is 0.287. The van der Waals surface area contributed by atoms with Crippen LogP contribution in [0.1, 0.15) is 5.56 Å². The van der Waals surface area contributed by atoms with Gasteiger partial charge in [-0.15, -0.1) is 10.2 Å². The summed E-state index contributed by atoms with van der Waals surface area (Å²) in [5.74, 6) is 1.75. The molecule has 1 aromatic carbocycles. The van der Waals surface area contributed by atoms with Crippen LogP contribution in [0.25, 0.3) is 28.1 Å². The number of fused-ring (bicyclic) bond motifs is 1. The molecular weight excluding hydrogens is 350 g/mol. The van der Waals surface area contributed by atoms with Crippen molar-refractivity contribution >= 4 is 29.1 Å². The Morgan fingerprint density at radius 3 is 2.85 bits per heavy atom. The van der Waals surface area contributed by atoms with Crippen LogP contribution in [0.5, 0.6) is 5.75 Å². The first-order valence-electron chi connectivity index (χ1n) is 7.79. The minimum absolute atomic E-state index is 0.287. The fraction of sp³-hybridized carbons (Fsp3) is 0.118. The lowest BCUT2D eigenvalue weighted by molar-refractivity contribution is 0.415. The van der Waals surface area contributed by atoms with Gasteiger partial charge >= 0.3 is 0 Å². The molecule has 0 saturated carbocycles. The number of methoxy groups -OCH3 is 1. The fourth-order valence-corrected chi connectivity index (χ4v) is 2.91. The lowest BCUT2D eigenvalue weighted by atomic mass is 10.1. The highest BCUT2D eigenvalue weighted by Crippen LogP contribution is 2.25. The number of hydrogen-bond acceptors (Lipinski definition) is 7. The number of aromatic nitrogens is 6. The van der Waals surface area contributed by atoms with Gasteiger partial charge in [-0.2, -0.15) is 14.8 Å². The average molecular weight is 365 g/mol. The van der Waals surface area contributed by atoms with Gasteiger partial charge in [0.25, 0.3) is 0 Å². The van der Waals surface area contributed by atoms with Crippen molar-refractivity contribution in [2.24, 2.45) is 0 Å². The van der Waals surface area contributed by atoms with Gasteiger partial charge in [0, 0.05) is 5.56 Å². The van der Waals surface area contributed by atoms with Crippen molar-refractivity contribution in [1.29, 1.82) is 0 Å². The molecule has 0 bridgehead atoms. The topological polar surface area (TPSA) is 108 Å². The average Bonchev–Trinajstić information content (AvgIpc) is 3.05. The number of ether oxygens (including phenoxy) is 1. The maximum absolute atomic E-state index is 5.95. The summed E-state index contributed by atoms with van der Waals surface area (Å²) in [6, 6.07) is 9.60. The standard InChI is InChI=1S/C17H15N7OS/c1-9-6-13(10-4-3-5-11(7-10)25-2)22-23-15(9)24-16-12(8-19-24)14(18)20-17(26)21-16/h3-8H,1-2H3,(H3,18,20,21,26). The van der Waals surface area contributed by atoms with Crippen LogP contribution in [0.4, 0.5) is 5.82 Å². The number of H-pyrrole nitrogens is 1. The van der Waals surface area contributed by atoms with Gasteiger partial charge in [-0.3, -0.25) is 0 Å². The zero-order valence-corrected chi connectivity index (χ0v) is 14.9. The summed E-state index contributed by atoms with van der Waals surface area (Å²) in [5, 5.41) is 13.7. The fourth-order valence-electron chi connectivity index (χ4n) is 2.71. The minimum Gasteiger partial charge on any atom is -0.497 e. The third kappa shape index (κ3) is 2.68. The molecule has 3 N–H and O–H groups in total. The Morgan fingerprint density at radius 2 is 2.08 bits per heavy atom. The molecule has 0 amide bonds. The van der Waals surface area contributed by atoms with E-state index in [1.807, 2.05) is 37.3 Å². The Labute approximate surface area is 153 Å². The zero-order chi connectivity index (χ0) is 18.3. The summed E-state index contributed by atoms with van der Waals surface area (Å²) in [4.78, 5) is 7.13. The number of rotatable bonds is 3. The quantitative estimate of drug-likeness (QED) is 0.537. The molecule has 0 spiro atoms. The van der Waals surface area contributed by atoms with Crippen LogP contribution in [0.15, 0.2) is 36.5 Å². The van der Waals surface area contributed by atoms with Crippen molar-refractivity contribution in [3.05, 3.63) is 46.9 Å². The number of nitrogens with zero attached hydrogens (tertiary/aromatic N) is 5. The van der Waals surface area contributed by atoms with Gasteiger partial charge in [-0.1, -0.05) is 12.1 Å². The van der Waals surface area contributed by atoms with Crippen molar-refractivity contribution in [2.75, 3.05) is 12.8 Å². The number of nitrogen functional groups attached to an aromatic ring is 1. The second kappa shape index (κ2) is 6.19. The van der Waals surface area contributed by atoms with Crippen LogP contribution in [-0.2, 0) is 0 Å². The van der Waals surface area contributed by atoms with Gasteiger partial charge in [0.05, 0.1) is 24.4 Å². The van der Waals surface area contributed by atoms with E-state index in [4.69, 9.17) is 22.7 Å².